The van der Waals surface area contributed by atoms with Crippen LogP contribution in [0.4, 0.5) is 0 Å². The Morgan fingerprint density at radius 3 is 3.00 bits per heavy atom. The van der Waals surface area contributed by atoms with Gasteiger partial charge >= 0.3 is 0 Å². The van der Waals surface area contributed by atoms with E-state index in [4.69, 9.17) is 0 Å². The predicted octanol–water partition coefficient (Wildman–Crippen LogP) is 2.35. The average Bonchev–Trinajstić information content (AvgIpc) is 2.84. The van der Waals surface area contributed by atoms with Gasteiger partial charge in [0.2, 0.25) is 0 Å². The van der Waals surface area contributed by atoms with Gasteiger partial charge in [-0.3, -0.25) is 4.68 Å². The number of aromatic nitrogens is 2. The zero-order valence-corrected chi connectivity index (χ0v) is 9.66. The van der Waals surface area contributed by atoms with Crippen molar-refractivity contribution < 1.29 is 5.11 Å². The summed E-state index contributed by atoms with van der Waals surface area (Å²) in [6.45, 7) is 4.75. The molecule has 1 N–H and O–H groups in total. The predicted molar refractivity (Wildman–Crippen MR) is 61.0 cm³/mol. The van der Waals surface area contributed by atoms with Crippen LogP contribution in [0.5, 0.6) is 0 Å². The molecule has 2 aromatic heterocycles. The molecule has 1 unspecified atom stereocenters. The fourth-order valence-corrected chi connectivity index (χ4v) is 2.32. The van der Waals surface area contributed by atoms with Crippen molar-refractivity contribution in [3.05, 3.63) is 39.8 Å². The highest BCUT2D eigenvalue weighted by Gasteiger charge is 2.16. The van der Waals surface area contributed by atoms with Gasteiger partial charge in [0, 0.05) is 6.54 Å². The highest BCUT2D eigenvalue weighted by atomic mass is 32.1. The van der Waals surface area contributed by atoms with Crippen molar-refractivity contribution in [1.29, 1.82) is 0 Å². The minimum Gasteiger partial charge on any atom is -0.382 e. The fraction of sp³-hybridized carbons (Fsp3) is 0.364. The highest BCUT2D eigenvalue weighted by Crippen LogP contribution is 2.24. The third-order valence-electron chi connectivity index (χ3n) is 2.37. The molecule has 0 saturated carbocycles. The van der Waals surface area contributed by atoms with Crippen LogP contribution in [0.15, 0.2) is 22.9 Å². The molecule has 2 rings (SSSR count). The van der Waals surface area contributed by atoms with Crippen LogP contribution in [-0.4, -0.2) is 14.9 Å². The maximum Gasteiger partial charge on any atom is 0.121 e. The Hall–Kier alpha value is -1.13. The summed E-state index contributed by atoms with van der Waals surface area (Å²) in [5.41, 5.74) is 2.75. The second-order valence-electron chi connectivity index (χ2n) is 3.49. The minimum atomic E-state index is -0.558. The van der Waals surface area contributed by atoms with Crippen LogP contribution in [0.25, 0.3) is 0 Å². The van der Waals surface area contributed by atoms with Crippen LogP contribution < -0.4 is 0 Å². The first-order chi connectivity index (χ1) is 7.22. The lowest BCUT2D eigenvalue weighted by Crippen LogP contribution is -2.08. The van der Waals surface area contributed by atoms with Gasteiger partial charge in [0.15, 0.2) is 0 Å². The van der Waals surface area contributed by atoms with Crippen LogP contribution in [0.1, 0.15) is 30.0 Å². The lowest BCUT2D eigenvalue weighted by Gasteiger charge is -2.10. The molecule has 0 bridgehead atoms. The lowest BCUT2D eigenvalue weighted by molar-refractivity contribution is 0.208. The molecule has 0 saturated heterocycles. The Morgan fingerprint density at radius 1 is 1.60 bits per heavy atom. The van der Waals surface area contributed by atoms with Gasteiger partial charge in [-0.25, -0.2) is 0 Å². The van der Waals surface area contributed by atoms with E-state index in [1.54, 1.807) is 11.3 Å². The lowest BCUT2D eigenvalue weighted by atomic mass is 10.1. The molecule has 0 aliphatic carbocycles. The molecule has 1 atom stereocenters. The van der Waals surface area contributed by atoms with E-state index in [0.29, 0.717) is 0 Å². The van der Waals surface area contributed by atoms with Crippen molar-refractivity contribution in [3.8, 4) is 0 Å². The van der Waals surface area contributed by atoms with Gasteiger partial charge in [-0.15, -0.1) is 0 Å². The number of rotatable bonds is 3. The van der Waals surface area contributed by atoms with Crippen molar-refractivity contribution >= 4 is 11.3 Å². The molecule has 4 heteroatoms. The summed E-state index contributed by atoms with van der Waals surface area (Å²) in [5.74, 6) is 0. The second-order valence-corrected chi connectivity index (χ2v) is 4.27. The normalized spacial score (nSPS) is 13.0. The number of aryl methyl sites for hydroxylation is 2. The molecule has 0 fully saturated rings. The SMILES string of the molecule is CCn1nc(C)cc1C(O)c1ccsc1. The van der Waals surface area contributed by atoms with E-state index < -0.39 is 6.10 Å². The molecule has 0 aliphatic heterocycles. The summed E-state index contributed by atoms with van der Waals surface area (Å²) in [6, 6.07) is 3.88. The van der Waals surface area contributed by atoms with Gasteiger partial charge < -0.3 is 5.11 Å². The van der Waals surface area contributed by atoms with Crippen LogP contribution >= 0.6 is 11.3 Å². The zero-order valence-electron chi connectivity index (χ0n) is 8.84. The van der Waals surface area contributed by atoms with Gasteiger partial charge in [0.1, 0.15) is 6.10 Å². The largest absolute Gasteiger partial charge is 0.382 e. The Labute approximate surface area is 93.0 Å². The van der Waals surface area contributed by atoms with Gasteiger partial charge in [-0.05, 0) is 42.3 Å². The van der Waals surface area contributed by atoms with E-state index in [2.05, 4.69) is 5.10 Å². The topological polar surface area (TPSA) is 38.0 Å². The summed E-state index contributed by atoms with van der Waals surface area (Å²) in [4.78, 5) is 0. The summed E-state index contributed by atoms with van der Waals surface area (Å²) in [5, 5.41) is 18.4. The number of hydrogen-bond acceptors (Lipinski definition) is 3. The van der Waals surface area contributed by atoms with Crippen LogP contribution in [0.2, 0.25) is 0 Å². The Kier molecular flexibility index (Phi) is 2.88. The zero-order chi connectivity index (χ0) is 10.8. The van der Waals surface area contributed by atoms with Crippen LogP contribution in [0.3, 0.4) is 0 Å². The monoisotopic (exact) mass is 222 g/mol. The molecule has 15 heavy (non-hydrogen) atoms. The molecule has 0 amide bonds. The Balaban J connectivity index is 2.36. The summed E-state index contributed by atoms with van der Waals surface area (Å²) in [6.07, 6.45) is -0.558. The van der Waals surface area contributed by atoms with Crippen molar-refractivity contribution in [1.82, 2.24) is 9.78 Å². The molecule has 2 aromatic rings. The molecule has 0 aromatic carbocycles. The number of aliphatic hydroxyl groups excluding tert-OH is 1. The first-order valence-electron chi connectivity index (χ1n) is 4.97. The maximum absolute atomic E-state index is 10.2. The van der Waals surface area contributed by atoms with Crippen molar-refractivity contribution in [2.75, 3.05) is 0 Å². The first-order valence-corrected chi connectivity index (χ1v) is 5.91. The van der Waals surface area contributed by atoms with E-state index in [-0.39, 0.29) is 0 Å². The highest BCUT2D eigenvalue weighted by molar-refractivity contribution is 7.07. The third-order valence-corrected chi connectivity index (χ3v) is 3.07. The minimum absolute atomic E-state index is 0.558. The van der Waals surface area contributed by atoms with E-state index in [0.717, 1.165) is 23.5 Å². The van der Waals surface area contributed by atoms with E-state index in [1.165, 1.54) is 0 Å². The maximum atomic E-state index is 10.2. The van der Waals surface area contributed by atoms with Gasteiger partial charge in [0.25, 0.3) is 0 Å². The number of hydrogen-bond donors (Lipinski definition) is 1. The molecular formula is C11H14N2OS. The van der Waals surface area contributed by atoms with Gasteiger partial charge in [0.05, 0.1) is 11.4 Å². The molecular weight excluding hydrogens is 208 g/mol. The number of thiophene rings is 1. The quantitative estimate of drug-likeness (QED) is 0.865. The van der Waals surface area contributed by atoms with Crippen molar-refractivity contribution in [2.24, 2.45) is 0 Å². The summed E-state index contributed by atoms with van der Waals surface area (Å²) < 4.78 is 1.84. The summed E-state index contributed by atoms with van der Waals surface area (Å²) in [7, 11) is 0. The van der Waals surface area contributed by atoms with Gasteiger partial charge in [-0.2, -0.15) is 16.4 Å². The molecule has 0 aliphatic rings. The molecule has 3 nitrogen and oxygen atoms in total. The molecule has 80 valence electrons. The average molecular weight is 222 g/mol. The molecule has 0 radical (unpaired) electrons. The standard InChI is InChI=1S/C11H14N2OS/c1-3-13-10(6-8(2)12-13)11(14)9-4-5-15-7-9/h4-7,11,14H,3H2,1-2H3. The van der Waals surface area contributed by atoms with E-state index in [1.807, 2.05) is 41.4 Å². The Morgan fingerprint density at radius 2 is 2.40 bits per heavy atom. The van der Waals surface area contributed by atoms with E-state index in [9.17, 15) is 5.11 Å². The fourth-order valence-electron chi connectivity index (χ4n) is 1.64. The van der Waals surface area contributed by atoms with Gasteiger partial charge in [-0.1, -0.05) is 0 Å². The summed E-state index contributed by atoms with van der Waals surface area (Å²) >= 11 is 1.59. The Bertz CT molecular complexity index is 433. The van der Waals surface area contributed by atoms with E-state index >= 15 is 0 Å². The number of nitrogens with zero attached hydrogens (tertiary/aromatic N) is 2. The third kappa shape index (κ3) is 1.96. The second kappa shape index (κ2) is 4.16. The van der Waals surface area contributed by atoms with Crippen molar-refractivity contribution in [3.63, 3.8) is 0 Å². The molecule has 2 heterocycles. The van der Waals surface area contributed by atoms with Crippen LogP contribution in [0, 0.1) is 6.92 Å². The van der Waals surface area contributed by atoms with Crippen LogP contribution in [-0.2, 0) is 6.54 Å². The first kappa shape index (κ1) is 10.4. The smallest absolute Gasteiger partial charge is 0.121 e. The van der Waals surface area contributed by atoms with Crippen molar-refractivity contribution in [2.45, 2.75) is 26.5 Å². The number of aliphatic hydroxyl groups is 1. The molecule has 0 spiro atoms.